The van der Waals surface area contributed by atoms with Crippen molar-refractivity contribution >= 4 is 0 Å². The molecule has 3 heteroatoms. The topological polar surface area (TPSA) is 38.5 Å². The number of hydrogen-bond donors (Lipinski definition) is 1. The van der Waals surface area contributed by atoms with Crippen LogP contribution in [0.25, 0.3) is 0 Å². The Morgan fingerprint density at radius 1 is 1.18 bits per heavy atom. The Morgan fingerprint density at radius 2 is 1.86 bits per heavy atom. The minimum Gasteiger partial charge on any atom is -0.397 e. The summed E-state index contributed by atoms with van der Waals surface area (Å²) in [5.74, 6) is 3.72. The van der Waals surface area contributed by atoms with Crippen molar-refractivity contribution < 1.29 is 4.84 Å². The van der Waals surface area contributed by atoms with Gasteiger partial charge in [-0.2, -0.15) is 0 Å². The van der Waals surface area contributed by atoms with Crippen LogP contribution in [0.2, 0.25) is 0 Å². The van der Waals surface area contributed by atoms with Gasteiger partial charge in [-0.05, 0) is 79.9 Å². The lowest BCUT2D eigenvalue weighted by Gasteiger charge is -2.56. The molecule has 0 saturated heterocycles. The van der Waals surface area contributed by atoms with Gasteiger partial charge in [0.05, 0.1) is 11.9 Å². The van der Waals surface area contributed by atoms with Gasteiger partial charge in [0.2, 0.25) is 0 Å². The van der Waals surface area contributed by atoms with Crippen molar-refractivity contribution in [3.05, 3.63) is 60.7 Å². The molecular weight excluding hydrogens is 344 g/mol. The summed E-state index contributed by atoms with van der Waals surface area (Å²) >= 11 is 0. The normalized spacial score (nSPS) is 40.9. The third-order valence-electron chi connectivity index (χ3n) is 7.83. The van der Waals surface area contributed by atoms with Gasteiger partial charge in [-0.15, -0.1) is 0 Å². The van der Waals surface area contributed by atoms with E-state index in [9.17, 15) is 0 Å². The fourth-order valence-electron chi connectivity index (χ4n) is 6.60. The molecular formula is C25H36N2O. The number of rotatable bonds is 5. The summed E-state index contributed by atoms with van der Waals surface area (Å²) in [6.45, 7) is 6.16. The van der Waals surface area contributed by atoms with Crippen LogP contribution in [-0.4, -0.2) is 12.1 Å². The Bertz CT molecular complexity index is 715. The average molecular weight is 381 g/mol. The van der Waals surface area contributed by atoms with E-state index in [4.69, 9.17) is 10.6 Å². The Labute approximate surface area is 170 Å². The molecule has 0 amide bonds. The Balaban J connectivity index is 1.57. The van der Waals surface area contributed by atoms with E-state index in [1.54, 1.807) is 17.3 Å². The number of hydroxylamine groups is 2. The summed E-state index contributed by atoms with van der Waals surface area (Å²) in [5.41, 5.74) is 6.95. The smallest absolute Gasteiger partial charge is 0.151 e. The van der Waals surface area contributed by atoms with Gasteiger partial charge in [0.25, 0.3) is 0 Å². The van der Waals surface area contributed by atoms with Crippen LogP contribution in [0.15, 0.2) is 60.7 Å². The third kappa shape index (κ3) is 3.68. The SMILES string of the molecule is C=C/C(N)=C\N(C)OC1=CC/C=C\C(C)(C23CC4CCC(CC(C4)C2)C3)C=C1. The lowest BCUT2D eigenvalue weighted by Crippen LogP contribution is -2.47. The largest absolute Gasteiger partial charge is 0.397 e. The highest BCUT2D eigenvalue weighted by molar-refractivity contribution is 5.27. The highest BCUT2D eigenvalue weighted by atomic mass is 16.7. The maximum absolute atomic E-state index is 6.01. The second-order valence-corrected chi connectivity index (χ2v) is 9.87. The van der Waals surface area contributed by atoms with Gasteiger partial charge in [-0.3, -0.25) is 0 Å². The van der Waals surface area contributed by atoms with Crippen LogP contribution >= 0.6 is 0 Å². The van der Waals surface area contributed by atoms with Crippen molar-refractivity contribution in [1.29, 1.82) is 0 Å². The molecule has 28 heavy (non-hydrogen) atoms. The highest BCUT2D eigenvalue weighted by Crippen LogP contribution is 2.65. The van der Waals surface area contributed by atoms with Crippen molar-refractivity contribution in [2.75, 3.05) is 7.05 Å². The zero-order valence-electron chi connectivity index (χ0n) is 17.6. The maximum atomic E-state index is 6.01. The molecule has 0 heterocycles. The molecule has 152 valence electrons. The van der Waals surface area contributed by atoms with Crippen LogP contribution in [0.3, 0.4) is 0 Å². The van der Waals surface area contributed by atoms with Crippen LogP contribution in [0.5, 0.6) is 0 Å². The van der Waals surface area contributed by atoms with Crippen molar-refractivity contribution in [1.82, 2.24) is 5.06 Å². The van der Waals surface area contributed by atoms with E-state index < -0.39 is 0 Å². The quantitative estimate of drug-likeness (QED) is 0.369. The number of allylic oxidation sites excluding steroid dienone is 6. The standard InChI is InChI=1S/C25H36N2O/c1-4-22(26)18-27(3)28-23-7-5-6-11-24(2,12-10-23)25-15-19-8-9-20(16-25)14-21(13-19)17-25/h4,6-7,10-12,18-21H,1,5,8-9,13-17,26H2,2-3H3/b11-6-,12-10?,22-18+,23-7?. The number of nitrogens with two attached hydrogens (primary N) is 1. The summed E-state index contributed by atoms with van der Waals surface area (Å²) in [6.07, 6.45) is 26.0. The molecule has 0 aromatic rings. The average Bonchev–Trinajstić information content (AvgIpc) is 2.86. The van der Waals surface area contributed by atoms with Gasteiger partial charge in [0.1, 0.15) is 0 Å². The van der Waals surface area contributed by atoms with Gasteiger partial charge in [0.15, 0.2) is 5.76 Å². The van der Waals surface area contributed by atoms with Crippen LogP contribution in [0.4, 0.5) is 0 Å². The third-order valence-corrected chi connectivity index (χ3v) is 7.83. The molecule has 0 radical (unpaired) electrons. The molecule has 4 bridgehead atoms. The van der Waals surface area contributed by atoms with Crippen molar-refractivity contribution in [2.45, 2.75) is 58.3 Å². The predicted octanol–water partition coefficient (Wildman–Crippen LogP) is 5.85. The van der Waals surface area contributed by atoms with Crippen LogP contribution in [0, 0.1) is 28.6 Å². The molecule has 0 spiro atoms. The van der Waals surface area contributed by atoms with Crippen LogP contribution in [0.1, 0.15) is 58.3 Å². The molecule has 0 aromatic heterocycles. The first kappa shape index (κ1) is 19.4. The number of nitrogens with zero attached hydrogens (tertiary/aromatic N) is 1. The minimum absolute atomic E-state index is 0.102. The lowest BCUT2D eigenvalue weighted by molar-refractivity contribution is -0.0478. The van der Waals surface area contributed by atoms with Gasteiger partial charge in [0, 0.05) is 12.5 Å². The zero-order chi connectivity index (χ0) is 19.8. The summed E-state index contributed by atoms with van der Waals surface area (Å²) in [6, 6.07) is 0. The van der Waals surface area contributed by atoms with Gasteiger partial charge in [-0.25, -0.2) is 5.06 Å². The van der Waals surface area contributed by atoms with E-state index in [-0.39, 0.29) is 5.41 Å². The molecule has 5 aliphatic carbocycles. The molecule has 0 aromatic carbocycles. The minimum atomic E-state index is 0.102. The molecule has 2 N–H and O–H groups in total. The van der Waals surface area contributed by atoms with E-state index in [0.29, 0.717) is 11.1 Å². The van der Waals surface area contributed by atoms with Crippen molar-refractivity contribution in [3.8, 4) is 0 Å². The summed E-state index contributed by atoms with van der Waals surface area (Å²) in [4.78, 5) is 6.01. The van der Waals surface area contributed by atoms with E-state index in [1.165, 1.54) is 44.9 Å². The fraction of sp³-hybridized carbons (Fsp3) is 0.600. The zero-order valence-corrected chi connectivity index (χ0v) is 17.6. The number of hydrogen-bond acceptors (Lipinski definition) is 3. The molecule has 5 aliphatic rings. The van der Waals surface area contributed by atoms with E-state index in [1.807, 2.05) is 7.05 Å². The maximum Gasteiger partial charge on any atom is 0.151 e. The van der Waals surface area contributed by atoms with E-state index in [2.05, 4.69) is 43.9 Å². The lowest BCUT2D eigenvalue weighted by atomic mass is 9.48. The van der Waals surface area contributed by atoms with Gasteiger partial charge < -0.3 is 10.6 Å². The molecule has 4 saturated carbocycles. The molecule has 0 aliphatic heterocycles. The second kappa shape index (κ2) is 7.50. The Hall–Kier alpha value is -1.90. The molecule has 5 rings (SSSR count). The predicted molar refractivity (Wildman–Crippen MR) is 116 cm³/mol. The molecule has 3 unspecified atom stereocenters. The van der Waals surface area contributed by atoms with E-state index >= 15 is 0 Å². The first-order valence-corrected chi connectivity index (χ1v) is 11.0. The fourth-order valence-corrected chi connectivity index (χ4v) is 6.60. The Kier molecular flexibility index (Phi) is 5.20. The first-order valence-electron chi connectivity index (χ1n) is 11.0. The summed E-state index contributed by atoms with van der Waals surface area (Å²) in [7, 11) is 1.86. The van der Waals surface area contributed by atoms with Crippen molar-refractivity contribution in [3.63, 3.8) is 0 Å². The second-order valence-electron chi connectivity index (χ2n) is 9.87. The van der Waals surface area contributed by atoms with Gasteiger partial charge in [-0.1, -0.05) is 44.6 Å². The molecule has 3 nitrogen and oxygen atoms in total. The molecule has 3 atom stereocenters. The van der Waals surface area contributed by atoms with Crippen molar-refractivity contribution in [2.24, 2.45) is 34.3 Å². The highest BCUT2D eigenvalue weighted by Gasteiger charge is 2.55. The first-order chi connectivity index (χ1) is 13.4. The van der Waals surface area contributed by atoms with Crippen LogP contribution < -0.4 is 5.73 Å². The number of fused-ring (bicyclic) bond motifs is 1. The summed E-state index contributed by atoms with van der Waals surface area (Å²) in [5, 5.41) is 1.66. The van der Waals surface area contributed by atoms with Gasteiger partial charge >= 0.3 is 0 Å². The summed E-state index contributed by atoms with van der Waals surface area (Å²) < 4.78 is 0. The monoisotopic (exact) mass is 380 g/mol. The molecule has 4 fully saturated rings. The Morgan fingerprint density at radius 3 is 2.54 bits per heavy atom. The van der Waals surface area contributed by atoms with Crippen LogP contribution in [-0.2, 0) is 4.84 Å². The van der Waals surface area contributed by atoms with E-state index in [0.717, 1.165) is 29.9 Å².